The van der Waals surface area contributed by atoms with Crippen molar-refractivity contribution in [1.82, 2.24) is 0 Å². The lowest BCUT2D eigenvalue weighted by Crippen LogP contribution is -2.29. The van der Waals surface area contributed by atoms with Gasteiger partial charge < -0.3 is 14.4 Å². The molecule has 1 aromatic rings. The maximum atomic E-state index is 8.51. The SMILES string of the molecule is Cc1cccc([Si]OB(O)O)c1C. The van der Waals surface area contributed by atoms with Crippen LogP contribution in [0, 0.1) is 13.8 Å². The minimum absolute atomic E-state index is 0.0200. The Morgan fingerprint density at radius 2 is 2.00 bits per heavy atom. The van der Waals surface area contributed by atoms with Crippen molar-refractivity contribution in [3.8, 4) is 0 Å². The Bertz CT molecular complexity index is 291. The molecule has 13 heavy (non-hydrogen) atoms. The van der Waals surface area contributed by atoms with E-state index in [9.17, 15) is 0 Å². The third kappa shape index (κ3) is 2.96. The maximum Gasteiger partial charge on any atom is 0.623 e. The van der Waals surface area contributed by atoms with Crippen LogP contribution in [0.2, 0.25) is 0 Å². The number of aryl methyl sites for hydroxylation is 1. The van der Waals surface area contributed by atoms with E-state index in [-0.39, 0.29) is 9.76 Å². The minimum atomic E-state index is -1.68. The quantitative estimate of drug-likeness (QED) is 0.640. The summed E-state index contributed by atoms with van der Waals surface area (Å²) in [4.78, 5) is 0. The molecule has 2 radical (unpaired) electrons. The van der Waals surface area contributed by atoms with E-state index in [0.717, 1.165) is 10.8 Å². The molecule has 0 heterocycles. The lowest BCUT2D eigenvalue weighted by atomic mass is 10.1. The average Bonchev–Trinajstić information content (AvgIpc) is 2.07. The van der Waals surface area contributed by atoms with Crippen LogP contribution in [0.25, 0.3) is 0 Å². The van der Waals surface area contributed by atoms with Crippen LogP contribution in [0.15, 0.2) is 18.2 Å². The van der Waals surface area contributed by atoms with Crippen molar-refractivity contribution < 1.29 is 14.4 Å². The summed E-state index contributed by atoms with van der Waals surface area (Å²) < 4.78 is 4.70. The lowest BCUT2D eigenvalue weighted by molar-refractivity contribution is 0.297. The third-order valence-corrected chi connectivity index (χ3v) is 2.97. The maximum absolute atomic E-state index is 8.51. The van der Waals surface area contributed by atoms with Crippen LogP contribution in [0.3, 0.4) is 0 Å². The summed E-state index contributed by atoms with van der Waals surface area (Å²) in [5.74, 6) is 0. The van der Waals surface area contributed by atoms with Gasteiger partial charge in [0.1, 0.15) is 0 Å². The molecule has 0 spiro atoms. The summed E-state index contributed by atoms with van der Waals surface area (Å²) in [6.45, 7) is 4.00. The molecule has 0 saturated carbocycles. The van der Waals surface area contributed by atoms with Gasteiger partial charge in [-0.15, -0.1) is 0 Å². The second-order valence-corrected chi connectivity index (χ2v) is 3.77. The number of rotatable bonds is 3. The van der Waals surface area contributed by atoms with Crippen molar-refractivity contribution in [2.45, 2.75) is 13.8 Å². The van der Waals surface area contributed by atoms with Crippen molar-refractivity contribution in [2.75, 3.05) is 0 Å². The van der Waals surface area contributed by atoms with Gasteiger partial charge >= 0.3 is 7.32 Å². The summed E-state index contributed by atoms with van der Waals surface area (Å²) in [7, 11) is -1.70. The molecule has 0 bridgehead atoms. The molecular weight excluding hydrogens is 183 g/mol. The molecule has 1 rings (SSSR count). The van der Waals surface area contributed by atoms with Crippen molar-refractivity contribution in [2.24, 2.45) is 0 Å². The molecule has 2 N–H and O–H groups in total. The zero-order chi connectivity index (χ0) is 9.84. The summed E-state index contributed by atoms with van der Waals surface area (Å²) in [6.07, 6.45) is 0. The first-order chi connectivity index (χ1) is 6.11. The van der Waals surface area contributed by atoms with Crippen molar-refractivity contribution >= 4 is 22.3 Å². The van der Waals surface area contributed by atoms with Crippen LogP contribution < -0.4 is 5.19 Å². The van der Waals surface area contributed by atoms with Crippen LogP contribution in [0.4, 0.5) is 0 Å². The number of hydrogen-bond donors (Lipinski definition) is 2. The lowest BCUT2D eigenvalue weighted by Gasteiger charge is -2.06. The van der Waals surface area contributed by atoms with Crippen molar-refractivity contribution in [1.29, 1.82) is 0 Å². The molecule has 0 atom stereocenters. The summed E-state index contributed by atoms with van der Waals surface area (Å²) >= 11 is 0. The number of hydrogen-bond acceptors (Lipinski definition) is 3. The Balaban J connectivity index is 2.71. The molecule has 0 saturated heterocycles. The third-order valence-electron chi connectivity index (χ3n) is 1.88. The van der Waals surface area contributed by atoms with Gasteiger partial charge in [-0.3, -0.25) is 0 Å². The predicted octanol–water partition coefficient (Wildman–Crippen LogP) is -0.466. The highest BCUT2D eigenvalue weighted by atomic mass is 28.2. The van der Waals surface area contributed by atoms with E-state index in [2.05, 4.69) is 0 Å². The monoisotopic (exact) mass is 194 g/mol. The van der Waals surface area contributed by atoms with Gasteiger partial charge in [0.25, 0.3) is 9.76 Å². The first-order valence-electron chi connectivity index (χ1n) is 3.95. The Labute approximate surface area is 80.5 Å². The van der Waals surface area contributed by atoms with Gasteiger partial charge in [-0.2, -0.15) is 0 Å². The highest BCUT2D eigenvalue weighted by Crippen LogP contribution is 2.01. The molecule has 0 unspecified atom stereocenters. The topological polar surface area (TPSA) is 49.7 Å². The molecule has 0 aliphatic rings. The fraction of sp³-hybridized carbons (Fsp3) is 0.250. The van der Waals surface area contributed by atoms with Crippen molar-refractivity contribution in [3.05, 3.63) is 29.3 Å². The van der Waals surface area contributed by atoms with E-state index in [1.165, 1.54) is 5.56 Å². The van der Waals surface area contributed by atoms with E-state index in [0.29, 0.717) is 0 Å². The van der Waals surface area contributed by atoms with Crippen LogP contribution in [0.1, 0.15) is 11.1 Å². The first-order valence-corrected chi connectivity index (χ1v) is 4.86. The molecule has 3 nitrogen and oxygen atoms in total. The van der Waals surface area contributed by atoms with Crippen LogP contribution in [-0.2, 0) is 4.34 Å². The molecule has 0 aliphatic heterocycles. The summed E-state index contributed by atoms with van der Waals surface area (Å²) in [5, 5.41) is 18.0. The molecule has 68 valence electrons. The predicted molar refractivity (Wildman–Crippen MR) is 52.6 cm³/mol. The Morgan fingerprint density at radius 3 is 2.62 bits per heavy atom. The highest BCUT2D eigenvalue weighted by Gasteiger charge is 2.11. The molecule has 0 aliphatic carbocycles. The molecule has 0 amide bonds. The highest BCUT2D eigenvalue weighted by molar-refractivity contribution is 6.56. The van der Waals surface area contributed by atoms with Gasteiger partial charge in [-0.05, 0) is 30.2 Å². The Morgan fingerprint density at radius 1 is 1.31 bits per heavy atom. The van der Waals surface area contributed by atoms with Gasteiger partial charge in [0.2, 0.25) is 0 Å². The van der Waals surface area contributed by atoms with E-state index < -0.39 is 7.32 Å². The standard InChI is InChI=1S/C8H11BO3Si/c1-6-4-3-5-8(7(6)2)13-12-9(10)11/h3-5,10-11H,1-2H3. The largest absolute Gasteiger partial charge is 0.623 e. The van der Waals surface area contributed by atoms with Gasteiger partial charge in [-0.25, -0.2) is 0 Å². The number of benzene rings is 1. The fourth-order valence-electron chi connectivity index (χ4n) is 0.978. The normalized spacial score (nSPS) is 10.2. The van der Waals surface area contributed by atoms with E-state index in [4.69, 9.17) is 14.4 Å². The van der Waals surface area contributed by atoms with Gasteiger partial charge in [0.05, 0.1) is 0 Å². The second-order valence-electron chi connectivity index (χ2n) is 2.79. The van der Waals surface area contributed by atoms with Gasteiger partial charge in [0, 0.05) is 0 Å². The van der Waals surface area contributed by atoms with Crippen LogP contribution in [0.5, 0.6) is 0 Å². The fourth-order valence-corrected chi connectivity index (χ4v) is 1.72. The molecule has 0 aromatic heterocycles. The average molecular weight is 194 g/mol. The van der Waals surface area contributed by atoms with Gasteiger partial charge in [0.15, 0.2) is 0 Å². The Kier molecular flexibility index (Phi) is 3.68. The van der Waals surface area contributed by atoms with Crippen LogP contribution in [-0.4, -0.2) is 27.1 Å². The van der Waals surface area contributed by atoms with Crippen molar-refractivity contribution in [3.63, 3.8) is 0 Å². The second kappa shape index (κ2) is 4.57. The van der Waals surface area contributed by atoms with Crippen LogP contribution >= 0.6 is 0 Å². The summed E-state index contributed by atoms with van der Waals surface area (Å²) in [6, 6.07) is 5.86. The molecule has 5 heteroatoms. The first kappa shape index (κ1) is 10.5. The molecule has 0 fully saturated rings. The zero-order valence-electron chi connectivity index (χ0n) is 7.61. The van der Waals surface area contributed by atoms with Gasteiger partial charge in [-0.1, -0.05) is 18.2 Å². The Hall–Kier alpha value is -0.618. The van der Waals surface area contributed by atoms with E-state index in [1.807, 2.05) is 32.0 Å². The summed E-state index contributed by atoms with van der Waals surface area (Å²) in [5.41, 5.74) is 2.32. The zero-order valence-corrected chi connectivity index (χ0v) is 8.61. The molecule has 1 aromatic carbocycles. The smallest absolute Gasteiger partial charge is 0.424 e. The van der Waals surface area contributed by atoms with E-state index in [1.54, 1.807) is 0 Å². The molecular formula is C8H11BO3Si. The van der Waals surface area contributed by atoms with E-state index >= 15 is 0 Å². The minimum Gasteiger partial charge on any atom is -0.424 e.